The highest BCUT2D eigenvalue weighted by Crippen LogP contribution is 2.30. The molecule has 0 aliphatic heterocycles. The zero-order chi connectivity index (χ0) is 25.0. The van der Waals surface area contributed by atoms with E-state index >= 15 is 0 Å². The summed E-state index contributed by atoms with van der Waals surface area (Å²) in [5.74, 6) is 1.86. The molecule has 0 fully saturated rings. The van der Waals surface area contributed by atoms with Gasteiger partial charge < -0.3 is 19.2 Å². The number of hydrogen-bond donors (Lipinski definition) is 1. The Labute approximate surface area is 210 Å². The van der Waals surface area contributed by atoms with Gasteiger partial charge in [-0.05, 0) is 72.1 Å². The lowest BCUT2D eigenvalue weighted by Crippen LogP contribution is -2.32. The largest absolute Gasteiger partial charge is 0.497 e. The molecule has 1 heterocycles. The molecule has 3 aromatic carbocycles. The molecule has 4 aromatic rings. The maximum atomic E-state index is 13.6. The summed E-state index contributed by atoms with van der Waals surface area (Å²) in [5.41, 5.74) is 2.75. The summed E-state index contributed by atoms with van der Waals surface area (Å²) in [6, 6.07) is 17.4. The van der Waals surface area contributed by atoms with Gasteiger partial charge >= 0.3 is 0 Å². The maximum absolute atomic E-state index is 13.6. The molecule has 1 N–H and O–H groups in total. The summed E-state index contributed by atoms with van der Waals surface area (Å²) in [5, 5.41) is 1.47. The minimum Gasteiger partial charge on any atom is -0.497 e. The quantitative estimate of drug-likeness (QED) is 0.311. The first kappa shape index (κ1) is 24.9. The molecule has 0 saturated carbocycles. The molecule has 0 aliphatic rings. The molecule has 0 spiro atoms. The van der Waals surface area contributed by atoms with Gasteiger partial charge in [0.1, 0.15) is 5.75 Å². The SMILES string of the molecule is COc1ccc2[nH]cc(CCN(Cc3ccc(OC)c(OC)c3)S(=O)(=O)c3ccc(Cl)cc3)c2c1. The van der Waals surface area contributed by atoms with Crippen molar-refractivity contribution in [1.82, 2.24) is 9.29 Å². The molecule has 4 rings (SSSR count). The molecule has 9 heteroatoms. The number of nitrogens with one attached hydrogen (secondary N) is 1. The monoisotopic (exact) mass is 514 g/mol. The normalized spacial score (nSPS) is 11.7. The Morgan fingerprint density at radius 2 is 1.63 bits per heavy atom. The van der Waals surface area contributed by atoms with Crippen LogP contribution < -0.4 is 14.2 Å². The van der Waals surface area contributed by atoms with E-state index in [1.165, 1.54) is 16.4 Å². The van der Waals surface area contributed by atoms with Crippen molar-refractivity contribution in [2.45, 2.75) is 17.9 Å². The minimum atomic E-state index is -3.80. The third kappa shape index (κ3) is 5.40. The number of benzene rings is 3. The van der Waals surface area contributed by atoms with Crippen LogP contribution in [0.4, 0.5) is 0 Å². The fourth-order valence-corrected chi connectivity index (χ4v) is 5.51. The number of ether oxygens (including phenoxy) is 3. The molecule has 0 saturated heterocycles. The number of sulfonamides is 1. The molecule has 0 unspecified atom stereocenters. The topological polar surface area (TPSA) is 80.9 Å². The third-order valence-corrected chi connectivity index (χ3v) is 7.97. The molecule has 7 nitrogen and oxygen atoms in total. The second kappa shape index (κ2) is 10.6. The Morgan fingerprint density at radius 3 is 2.31 bits per heavy atom. The van der Waals surface area contributed by atoms with Gasteiger partial charge in [-0.1, -0.05) is 17.7 Å². The molecule has 1 aromatic heterocycles. The van der Waals surface area contributed by atoms with Crippen LogP contribution in [-0.2, 0) is 23.0 Å². The first-order chi connectivity index (χ1) is 16.8. The Bertz CT molecular complexity index is 1420. The molecule has 35 heavy (non-hydrogen) atoms. The van der Waals surface area contributed by atoms with E-state index in [0.717, 1.165) is 27.8 Å². The van der Waals surface area contributed by atoms with Gasteiger partial charge in [0.2, 0.25) is 10.0 Å². The zero-order valence-corrected chi connectivity index (χ0v) is 21.3. The van der Waals surface area contributed by atoms with E-state index in [-0.39, 0.29) is 18.0 Å². The number of rotatable bonds is 10. The minimum absolute atomic E-state index is 0.164. The van der Waals surface area contributed by atoms with Gasteiger partial charge in [-0.3, -0.25) is 0 Å². The number of fused-ring (bicyclic) bond motifs is 1. The van der Waals surface area contributed by atoms with Crippen molar-refractivity contribution in [3.8, 4) is 17.2 Å². The second-order valence-electron chi connectivity index (χ2n) is 7.96. The van der Waals surface area contributed by atoms with Gasteiger partial charge in [0.25, 0.3) is 0 Å². The lowest BCUT2D eigenvalue weighted by Gasteiger charge is -2.23. The van der Waals surface area contributed by atoms with Crippen LogP contribution >= 0.6 is 11.6 Å². The van der Waals surface area contributed by atoms with Gasteiger partial charge in [-0.25, -0.2) is 8.42 Å². The lowest BCUT2D eigenvalue weighted by atomic mass is 10.1. The molecule has 0 radical (unpaired) electrons. The van der Waals surface area contributed by atoms with Crippen LogP contribution in [0.15, 0.2) is 71.8 Å². The standard InChI is InChI=1S/C26H27ClN2O5S/c1-32-21-7-10-24-23(15-21)19(16-28-24)12-13-29(35(30,31)22-8-5-20(27)6-9-22)17-18-4-11-25(33-2)26(14-18)34-3/h4-11,14-16,28H,12-13,17H2,1-3H3. The summed E-state index contributed by atoms with van der Waals surface area (Å²) in [4.78, 5) is 3.43. The summed E-state index contributed by atoms with van der Waals surface area (Å²) in [7, 11) is 0.930. The molecule has 0 bridgehead atoms. The predicted molar refractivity (Wildman–Crippen MR) is 137 cm³/mol. The summed E-state index contributed by atoms with van der Waals surface area (Å²) in [6.07, 6.45) is 2.42. The highest BCUT2D eigenvalue weighted by molar-refractivity contribution is 7.89. The zero-order valence-electron chi connectivity index (χ0n) is 19.7. The van der Waals surface area contributed by atoms with Crippen molar-refractivity contribution in [2.24, 2.45) is 0 Å². The lowest BCUT2D eigenvalue weighted by molar-refractivity contribution is 0.353. The number of aromatic nitrogens is 1. The van der Waals surface area contributed by atoms with Gasteiger partial charge in [0.15, 0.2) is 11.5 Å². The van der Waals surface area contributed by atoms with Crippen LogP contribution in [0.1, 0.15) is 11.1 Å². The number of aromatic amines is 1. The average molecular weight is 515 g/mol. The number of nitrogens with zero attached hydrogens (tertiary/aromatic N) is 1. The molecule has 0 amide bonds. The van der Waals surface area contributed by atoms with Crippen LogP contribution in [0.2, 0.25) is 5.02 Å². The van der Waals surface area contributed by atoms with Crippen molar-refractivity contribution in [1.29, 1.82) is 0 Å². The highest BCUT2D eigenvalue weighted by atomic mass is 35.5. The highest BCUT2D eigenvalue weighted by Gasteiger charge is 2.25. The smallest absolute Gasteiger partial charge is 0.243 e. The van der Waals surface area contributed by atoms with E-state index in [1.54, 1.807) is 45.6 Å². The third-order valence-electron chi connectivity index (χ3n) is 5.86. The van der Waals surface area contributed by atoms with Crippen LogP contribution in [0, 0.1) is 0 Å². The van der Waals surface area contributed by atoms with E-state index in [4.69, 9.17) is 25.8 Å². The first-order valence-electron chi connectivity index (χ1n) is 11.0. The maximum Gasteiger partial charge on any atom is 0.243 e. The Balaban J connectivity index is 1.67. The number of methoxy groups -OCH3 is 3. The molecular weight excluding hydrogens is 488 g/mol. The van der Waals surface area contributed by atoms with Crippen LogP contribution in [0.25, 0.3) is 10.9 Å². The van der Waals surface area contributed by atoms with Crippen LogP contribution in [0.5, 0.6) is 17.2 Å². The second-order valence-corrected chi connectivity index (χ2v) is 10.3. The van der Waals surface area contributed by atoms with Crippen molar-refractivity contribution in [3.05, 3.63) is 83.0 Å². The Kier molecular flexibility index (Phi) is 7.54. The van der Waals surface area contributed by atoms with Crippen molar-refractivity contribution in [2.75, 3.05) is 27.9 Å². The predicted octanol–water partition coefficient (Wildman–Crippen LogP) is 5.28. The van der Waals surface area contributed by atoms with Gasteiger partial charge in [0, 0.05) is 35.2 Å². The molecule has 0 atom stereocenters. The number of halogens is 1. The van der Waals surface area contributed by atoms with Crippen molar-refractivity contribution >= 4 is 32.5 Å². The van der Waals surface area contributed by atoms with E-state index in [0.29, 0.717) is 22.9 Å². The molecule has 0 aliphatic carbocycles. The number of hydrogen-bond acceptors (Lipinski definition) is 5. The summed E-state index contributed by atoms with van der Waals surface area (Å²) < 4.78 is 44.9. The van der Waals surface area contributed by atoms with E-state index in [1.807, 2.05) is 30.5 Å². The van der Waals surface area contributed by atoms with Gasteiger partial charge in [0.05, 0.1) is 26.2 Å². The van der Waals surface area contributed by atoms with Crippen LogP contribution in [0.3, 0.4) is 0 Å². The number of H-pyrrole nitrogens is 1. The Hall–Kier alpha value is -3.20. The van der Waals surface area contributed by atoms with Gasteiger partial charge in [-0.15, -0.1) is 0 Å². The van der Waals surface area contributed by atoms with Crippen molar-refractivity contribution < 1.29 is 22.6 Å². The molecular formula is C26H27ClN2O5S. The Morgan fingerprint density at radius 1 is 0.886 bits per heavy atom. The van der Waals surface area contributed by atoms with E-state index in [2.05, 4.69) is 4.98 Å². The molecule has 184 valence electrons. The van der Waals surface area contributed by atoms with Crippen LogP contribution in [-0.4, -0.2) is 45.6 Å². The summed E-state index contributed by atoms with van der Waals surface area (Å²) >= 11 is 5.99. The van der Waals surface area contributed by atoms with E-state index in [9.17, 15) is 8.42 Å². The van der Waals surface area contributed by atoms with Gasteiger partial charge in [-0.2, -0.15) is 4.31 Å². The summed E-state index contributed by atoms with van der Waals surface area (Å²) in [6.45, 7) is 0.431. The van der Waals surface area contributed by atoms with Crippen molar-refractivity contribution in [3.63, 3.8) is 0 Å². The fourth-order valence-electron chi connectivity index (χ4n) is 3.96. The average Bonchev–Trinajstić information content (AvgIpc) is 3.28. The fraction of sp³-hybridized carbons (Fsp3) is 0.231. The first-order valence-corrected chi connectivity index (χ1v) is 12.8. The van der Waals surface area contributed by atoms with E-state index < -0.39 is 10.0 Å².